The maximum Gasteiger partial charge on any atom is 0.335 e. The zero-order chi connectivity index (χ0) is 12.3. The van der Waals surface area contributed by atoms with E-state index in [1.165, 1.54) is 12.8 Å². The second kappa shape index (κ2) is 5.19. The number of carboxylic acid groups (broad SMARTS) is 1. The fourth-order valence-corrected chi connectivity index (χ4v) is 2.22. The van der Waals surface area contributed by atoms with E-state index < -0.39 is 5.97 Å². The second-order valence-corrected chi connectivity index (χ2v) is 4.32. The molecule has 0 atom stereocenters. The summed E-state index contributed by atoms with van der Waals surface area (Å²) in [5.74, 6) is -0.128. The average molecular weight is 235 g/mol. The van der Waals surface area contributed by atoms with Gasteiger partial charge in [-0.1, -0.05) is 0 Å². The van der Waals surface area contributed by atoms with Gasteiger partial charge in [0.2, 0.25) is 0 Å². The summed E-state index contributed by atoms with van der Waals surface area (Å²) in [5.41, 5.74) is 1.27. The topological polar surface area (TPSA) is 49.8 Å². The maximum atomic E-state index is 10.9. The van der Waals surface area contributed by atoms with Crippen LogP contribution in [0.2, 0.25) is 0 Å². The number of carbonyl (C=O) groups is 1. The molecule has 1 N–H and O–H groups in total. The minimum absolute atomic E-state index is 0.319. The number of benzene rings is 1. The van der Waals surface area contributed by atoms with Crippen LogP contribution in [-0.4, -0.2) is 36.2 Å². The van der Waals surface area contributed by atoms with Gasteiger partial charge in [-0.05, 0) is 44.1 Å². The number of carboxylic acids is 1. The highest BCUT2D eigenvalue weighted by Gasteiger charge is 2.15. The Kier molecular flexibility index (Phi) is 3.64. The van der Waals surface area contributed by atoms with E-state index in [1.807, 2.05) is 0 Å². The van der Waals surface area contributed by atoms with Gasteiger partial charge in [0, 0.05) is 12.1 Å². The summed E-state index contributed by atoms with van der Waals surface area (Å²) in [7, 11) is 1.61. The van der Waals surface area contributed by atoms with Crippen molar-refractivity contribution in [3.63, 3.8) is 0 Å². The third-order valence-electron chi connectivity index (χ3n) is 3.12. The molecule has 92 valence electrons. The lowest BCUT2D eigenvalue weighted by molar-refractivity contribution is 0.0696. The van der Waals surface area contributed by atoms with Crippen LogP contribution in [0.1, 0.15) is 28.8 Å². The normalized spacial score (nSPS) is 16.1. The van der Waals surface area contributed by atoms with Crippen LogP contribution in [-0.2, 0) is 6.54 Å². The molecule has 2 rings (SSSR count). The minimum atomic E-state index is -0.893. The lowest BCUT2D eigenvalue weighted by Gasteiger charge is -2.17. The number of ether oxygens (including phenoxy) is 1. The molecule has 0 radical (unpaired) electrons. The van der Waals surface area contributed by atoms with Gasteiger partial charge in [-0.25, -0.2) is 4.79 Å². The zero-order valence-electron chi connectivity index (χ0n) is 9.98. The summed E-state index contributed by atoms with van der Waals surface area (Å²) in [5, 5.41) is 8.98. The molecule has 0 aliphatic carbocycles. The lowest BCUT2D eigenvalue weighted by atomic mass is 10.1. The monoisotopic (exact) mass is 235 g/mol. The van der Waals surface area contributed by atoms with Crippen molar-refractivity contribution in [1.29, 1.82) is 0 Å². The van der Waals surface area contributed by atoms with Crippen LogP contribution >= 0.6 is 0 Å². The molecule has 1 aromatic carbocycles. The Morgan fingerprint density at radius 3 is 2.71 bits per heavy atom. The van der Waals surface area contributed by atoms with E-state index in [9.17, 15) is 4.79 Å². The summed E-state index contributed by atoms with van der Waals surface area (Å²) < 4.78 is 5.27. The third kappa shape index (κ3) is 2.77. The molecule has 0 bridgehead atoms. The van der Waals surface area contributed by atoms with Crippen LogP contribution in [0.3, 0.4) is 0 Å². The quantitative estimate of drug-likeness (QED) is 0.867. The van der Waals surface area contributed by atoms with Gasteiger partial charge in [-0.3, -0.25) is 4.90 Å². The van der Waals surface area contributed by atoms with E-state index in [1.54, 1.807) is 25.3 Å². The van der Waals surface area contributed by atoms with Crippen molar-refractivity contribution >= 4 is 5.97 Å². The zero-order valence-corrected chi connectivity index (χ0v) is 9.98. The highest BCUT2D eigenvalue weighted by atomic mass is 16.5. The molecule has 17 heavy (non-hydrogen) atoms. The summed E-state index contributed by atoms with van der Waals surface area (Å²) >= 11 is 0. The number of aromatic carboxylic acids is 1. The summed E-state index contributed by atoms with van der Waals surface area (Å²) in [4.78, 5) is 13.3. The van der Waals surface area contributed by atoms with E-state index >= 15 is 0 Å². The number of rotatable bonds is 4. The first kappa shape index (κ1) is 11.9. The molecule has 0 amide bonds. The number of nitrogens with zero attached hydrogens (tertiary/aromatic N) is 1. The molecule has 0 spiro atoms. The first-order valence-corrected chi connectivity index (χ1v) is 5.83. The standard InChI is InChI=1S/C13H17NO3/c1-17-12-5-4-10(13(15)16)8-11(12)9-14-6-2-3-7-14/h4-5,8H,2-3,6-7,9H2,1H3,(H,15,16). The number of hydrogen-bond donors (Lipinski definition) is 1. The molecule has 0 saturated carbocycles. The Balaban J connectivity index is 2.21. The maximum absolute atomic E-state index is 10.9. The van der Waals surface area contributed by atoms with Gasteiger partial charge in [0.05, 0.1) is 12.7 Å². The number of methoxy groups -OCH3 is 1. The SMILES string of the molecule is COc1ccc(C(=O)O)cc1CN1CCCC1. The smallest absolute Gasteiger partial charge is 0.335 e. The Hall–Kier alpha value is -1.55. The van der Waals surface area contributed by atoms with Gasteiger partial charge in [0.15, 0.2) is 0 Å². The molecule has 1 aromatic rings. The molecule has 0 unspecified atom stereocenters. The third-order valence-corrected chi connectivity index (χ3v) is 3.12. The van der Waals surface area contributed by atoms with E-state index in [0.717, 1.165) is 30.9 Å². The largest absolute Gasteiger partial charge is 0.496 e. The molecule has 1 fully saturated rings. The molecule has 0 aromatic heterocycles. The Bertz CT molecular complexity index is 411. The summed E-state index contributed by atoms with van der Waals surface area (Å²) in [6.45, 7) is 2.94. The van der Waals surface area contributed by atoms with Gasteiger partial charge >= 0.3 is 5.97 Å². The number of likely N-dealkylation sites (tertiary alicyclic amines) is 1. The van der Waals surface area contributed by atoms with Crippen molar-refractivity contribution < 1.29 is 14.6 Å². The molecule has 4 nitrogen and oxygen atoms in total. The van der Waals surface area contributed by atoms with Crippen LogP contribution in [0, 0.1) is 0 Å². The molecular weight excluding hydrogens is 218 g/mol. The average Bonchev–Trinajstić information content (AvgIpc) is 2.81. The fraction of sp³-hybridized carbons (Fsp3) is 0.462. The van der Waals surface area contributed by atoms with Crippen molar-refractivity contribution in [2.45, 2.75) is 19.4 Å². The molecule has 1 heterocycles. The molecule has 1 aliphatic heterocycles. The number of hydrogen-bond acceptors (Lipinski definition) is 3. The van der Waals surface area contributed by atoms with Crippen molar-refractivity contribution in [2.24, 2.45) is 0 Å². The van der Waals surface area contributed by atoms with Gasteiger partial charge in [-0.15, -0.1) is 0 Å². The van der Waals surface area contributed by atoms with Crippen molar-refractivity contribution in [3.8, 4) is 5.75 Å². The van der Waals surface area contributed by atoms with Crippen LogP contribution in [0.15, 0.2) is 18.2 Å². The van der Waals surface area contributed by atoms with Crippen LogP contribution in [0.25, 0.3) is 0 Å². The highest BCUT2D eigenvalue weighted by Crippen LogP contribution is 2.23. The van der Waals surface area contributed by atoms with Crippen molar-refractivity contribution in [3.05, 3.63) is 29.3 Å². The van der Waals surface area contributed by atoms with E-state index in [4.69, 9.17) is 9.84 Å². The van der Waals surface area contributed by atoms with Gasteiger partial charge in [-0.2, -0.15) is 0 Å². The molecule has 4 heteroatoms. The Morgan fingerprint density at radius 2 is 2.12 bits per heavy atom. The van der Waals surface area contributed by atoms with E-state index in [0.29, 0.717) is 5.56 Å². The predicted molar refractivity (Wildman–Crippen MR) is 64.5 cm³/mol. The molecular formula is C13H17NO3. The second-order valence-electron chi connectivity index (χ2n) is 4.32. The van der Waals surface area contributed by atoms with E-state index in [-0.39, 0.29) is 0 Å². The van der Waals surface area contributed by atoms with E-state index in [2.05, 4.69) is 4.90 Å². The van der Waals surface area contributed by atoms with Crippen LogP contribution in [0.5, 0.6) is 5.75 Å². The lowest BCUT2D eigenvalue weighted by Crippen LogP contribution is -2.19. The van der Waals surface area contributed by atoms with Gasteiger partial charge < -0.3 is 9.84 Å². The predicted octanol–water partition coefficient (Wildman–Crippen LogP) is 1.99. The first-order chi connectivity index (χ1) is 8.20. The minimum Gasteiger partial charge on any atom is -0.496 e. The fourth-order valence-electron chi connectivity index (χ4n) is 2.22. The first-order valence-electron chi connectivity index (χ1n) is 5.83. The molecule has 1 aliphatic rings. The van der Waals surface area contributed by atoms with Crippen molar-refractivity contribution in [2.75, 3.05) is 20.2 Å². The summed E-state index contributed by atoms with van der Waals surface area (Å²) in [6, 6.07) is 5.02. The van der Waals surface area contributed by atoms with Crippen LogP contribution in [0.4, 0.5) is 0 Å². The van der Waals surface area contributed by atoms with Gasteiger partial charge in [0.1, 0.15) is 5.75 Å². The Labute approximate surface area is 101 Å². The van der Waals surface area contributed by atoms with Crippen LogP contribution < -0.4 is 4.74 Å². The van der Waals surface area contributed by atoms with Gasteiger partial charge in [0.25, 0.3) is 0 Å². The highest BCUT2D eigenvalue weighted by molar-refractivity contribution is 5.88. The van der Waals surface area contributed by atoms with Crippen molar-refractivity contribution in [1.82, 2.24) is 4.90 Å². The molecule has 1 saturated heterocycles. The summed E-state index contributed by atoms with van der Waals surface area (Å²) in [6.07, 6.45) is 2.45. The Morgan fingerprint density at radius 1 is 1.41 bits per heavy atom.